The molecular formula is C15H24N2O3. The van der Waals surface area contributed by atoms with Gasteiger partial charge in [-0.3, -0.25) is 0 Å². The Morgan fingerprint density at radius 2 is 2.30 bits per heavy atom. The topological polar surface area (TPSA) is 54.7 Å². The molecule has 2 heterocycles. The number of carbonyl (C=O) groups excluding carboxylic acids is 1. The van der Waals surface area contributed by atoms with E-state index in [1.165, 1.54) is 0 Å². The fourth-order valence-corrected chi connectivity index (χ4v) is 2.36. The molecule has 2 atom stereocenters. The summed E-state index contributed by atoms with van der Waals surface area (Å²) in [5.41, 5.74) is -0.440. The van der Waals surface area contributed by atoms with Crippen LogP contribution < -0.4 is 5.32 Å². The molecule has 1 saturated heterocycles. The normalized spacial score (nSPS) is 21.0. The Morgan fingerprint density at radius 3 is 2.90 bits per heavy atom. The minimum Gasteiger partial charge on any atom is -0.468 e. The predicted molar refractivity (Wildman–Crippen MR) is 76.5 cm³/mol. The van der Waals surface area contributed by atoms with Crippen molar-refractivity contribution in [3.8, 4) is 0 Å². The average molecular weight is 280 g/mol. The van der Waals surface area contributed by atoms with Crippen molar-refractivity contribution in [3.05, 3.63) is 24.2 Å². The van der Waals surface area contributed by atoms with E-state index in [2.05, 4.69) is 12.2 Å². The van der Waals surface area contributed by atoms with E-state index in [4.69, 9.17) is 9.15 Å². The van der Waals surface area contributed by atoms with E-state index in [0.29, 0.717) is 6.54 Å². The van der Waals surface area contributed by atoms with Crippen LogP contribution in [-0.2, 0) is 4.74 Å². The van der Waals surface area contributed by atoms with Crippen molar-refractivity contribution < 1.29 is 13.9 Å². The molecule has 112 valence electrons. The van der Waals surface area contributed by atoms with E-state index < -0.39 is 5.60 Å². The molecule has 1 aromatic heterocycles. The molecule has 0 spiro atoms. The fraction of sp³-hybridized carbons (Fsp3) is 0.667. The maximum absolute atomic E-state index is 12.0. The van der Waals surface area contributed by atoms with E-state index in [1.807, 2.05) is 32.9 Å². The second-order valence-electron chi connectivity index (χ2n) is 6.32. The minimum atomic E-state index is -0.440. The maximum atomic E-state index is 12.0. The Bertz CT molecular complexity index is 436. The van der Waals surface area contributed by atoms with Crippen LogP contribution in [0.15, 0.2) is 22.8 Å². The van der Waals surface area contributed by atoms with Gasteiger partial charge in [0, 0.05) is 19.1 Å². The van der Waals surface area contributed by atoms with Crippen LogP contribution in [0, 0.1) is 0 Å². The van der Waals surface area contributed by atoms with E-state index in [0.717, 1.165) is 18.7 Å². The fourth-order valence-electron chi connectivity index (χ4n) is 2.36. The van der Waals surface area contributed by atoms with E-state index in [1.54, 1.807) is 11.2 Å². The average Bonchev–Trinajstić information content (AvgIpc) is 2.97. The molecule has 1 aliphatic heterocycles. The highest BCUT2D eigenvalue weighted by Crippen LogP contribution is 2.19. The summed E-state index contributed by atoms with van der Waals surface area (Å²) in [7, 11) is 0. The Kier molecular flexibility index (Phi) is 4.38. The van der Waals surface area contributed by atoms with Gasteiger partial charge in [-0.15, -0.1) is 0 Å². The molecule has 1 fully saturated rings. The van der Waals surface area contributed by atoms with Gasteiger partial charge in [0.15, 0.2) is 0 Å². The number of hydrogen-bond acceptors (Lipinski definition) is 4. The molecule has 5 heteroatoms. The molecule has 0 saturated carbocycles. The molecule has 20 heavy (non-hydrogen) atoms. The van der Waals surface area contributed by atoms with Gasteiger partial charge in [-0.1, -0.05) is 0 Å². The SMILES string of the molecule is C[C@@H](NC1CCN(C(=O)OC(C)(C)C)C1)c1ccco1. The van der Waals surface area contributed by atoms with Crippen LogP contribution in [0.5, 0.6) is 0 Å². The van der Waals surface area contributed by atoms with Crippen LogP contribution in [0.4, 0.5) is 4.79 Å². The Hall–Kier alpha value is -1.49. The second-order valence-corrected chi connectivity index (χ2v) is 6.32. The molecule has 1 aliphatic rings. The van der Waals surface area contributed by atoms with Gasteiger partial charge in [-0.05, 0) is 46.2 Å². The first-order valence-electron chi connectivity index (χ1n) is 7.12. The highest BCUT2D eigenvalue weighted by molar-refractivity contribution is 5.68. The third kappa shape index (κ3) is 4.00. The third-order valence-corrected chi connectivity index (χ3v) is 3.30. The number of amides is 1. The first-order chi connectivity index (χ1) is 9.35. The number of hydrogen-bond donors (Lipinski definition) is 1. The molecule has 0 aromatic carbocycles. The molecule has 1 amide bonds. The monoisotopic (exact) mass is 280 g/mol. The molecule has 0 bridgehead atoms. The summed E-state index contributed by atoms with van der Waals surface area (Å²) in [6, 6.07) is 4.27. The summed E-state index contributed by atoms with van der Waals surface area (Å²) in [6.07, 6.45) is 2.38. The van der Waals surface area contributed by atoms with Crippen LogP contribution in [0.2, 0.25) is 0 Å². The van der Waals surface area contributed by atoms with Gasteiger partial charge in [-0.2, -0.15) is 0 Å². The van der Waals surface area contributed by atoms with Crippen molar-refractivity contribution >= 4 is 6.09 Å². The highest BCUT2D eigenvalue weighted by atomic mass is 16.6. The van der Waals surface area contributed by atoms with Gasteiger partial charge < -0.3 is 19.4 Å². The number of nitrogens with one attached hydrogen (secondary N) is 1. The Balaban J connectivity index is 1.82. The number of likely N-dealkylation sites (tertiary alicyclic amines) is 1. The standard InChI is InChI=1S/C15H24N2O3/c1-11(13-6-5-9-19-13)16-12-7-8-17(10-12)14(18)20-15(2,3)4/h5-6,9,11-12,16H,7-8,10H2,1-4H3/t11-,12?/m1/s1. The molecule has 5 nitrogen and oxygen atoms in total. The summed E-state index contributed by atoms with van der Waals surface area (Å²) in [5, 5.41) is 3.49. The van der Waals surface area contributed by atoms with Crippen molar-refractivity contribution in [3.63, 3.8) is 0 Å². The van der Waals surface area contributed by atoms with Crippen molar-refractivity contribution in [1.82, 2.24) is 10.2 Å². The number of carbonyl (C=O) groups is 1. The van der Waals surface area contributed by atoms with E-state index in [-0.39, 0.29) is 18.2 Å². The summed E-state index contributed by atoms with van der Waals surface area (Å²) in [6.45, 7) is 9.13. The van der Waals surface area contributed by atoms with Gasteiger partial charge in [-0.25, -0.2) is 4.79 Å². The van der Waals surface area contributed by atoms with Crippen LogP contribution >= 0.6 is 0 Å². The molecule has 1 aromatic rings. The second kappa shape index (κ2) is 5.87. The summed E-state index contributed by atoms with van der Waals surface area (Å²) >= 11 is 0. The first kappa shape index (κ1) is 14.9. The number of nitrogens with zero attached hydrogens (tertiary/aromatic N) is 1. The number of rotatable bonds is 3. The zero-order valence-electron chi connectivity index (χ0n) is 12.7. The maximum Gasteiger partial charge on any atom is 0.410 e. The van der Waals surface area contributed by atoms with Gasteiger partial charge in [0.05, 0.1) is 12.3 Å². The first-order valence-corrected chi connectivity index (χ1v) is 7.12. The van der Waals surface area contributed by atoms with Crippen LogP contribution in [0.25, 0.3) is 0 Å². The molecular weight excluding hydrogens is 256 g/mol. The number of furan rings is 1. The summed E-state index contributed by atoms with van der Waals surface area (Å²) in [4.78, 5) is 13.7. The molecule has 0 aliphatic carbocycles. The largest absolute Gasteiger partial charge is 0.468 e. The van der Waals surface area contributed by atoms with E-state index in [9.17, 15) is 4.79 Å². The van der Waals surface area contributed by atoms with Gasteiger partial charge in [0.1, 0.15) is 11.4 Å². The molecule has 1 N–H and O–H groups in total. The summed E-state index contributed by atoms with van der Waals surface area (Å²) < 4.78 is 10.8. The Morgan fingerprint density at radius 1 is 1.55 bits per heavy atom. The van der Waals surface area contributed by atoms with Gasteiger partial charge in [0.2, 0.25) is 0 Å². The van der Waals surface area contributed by atoms with Crippen molar-refractivity contribution in [2.45, 2.75) is 51.8 Å². The van der Waals surface area contributed by atoms with Crippen LogP contribution in [-0.4, -0.2) is 35.7 Å². The lowest BCUT2D eigenvalue weighted by molar-refractivity contribution is 0.0290. The van der Waals surface area contributed by atoms with Gasteiger partial charge in [0.25, 0.3) is 0 Å². The molecule has 0 radical (unpaired) electrons. The van der Waals surface area contributed by atoms with Crippen molar-refractivity contribution in [2.75, 3.05) is 13.1 Å². The van der Waals surface area contributed by atoms with Crippen LogP contribution in [0.3, 0.4) is 0 Å². The molecule has 2 rings (SSSR count). The smallest absolute Gasteiger partial charge is 0.410 e. The highest BCUT2D eigenvalue weighted by Gasteiger charge is 2.30. The summed E-state index contributed by atoms with van der Waals surface area (Å²) in [5.74, 6) is 0.917. The lowest BCUT2D eigenvalue weighted by Gasteiger charge is -2.24. The third-order valence-electron chi connectivity index (χ3n) is 3.30. The van der Waals surface area contributed by atoms with Crippen molar-refractivity contribution in [1.29, 1.82) is 0 Å². The van der Waals surface area contributed by atoms with Gasteiger partial charge >= 0.3 is 6.09 Å². The predicted octanol–water partition coefficient (Wildman–Crippen LogP) is 2.94. The number of ether oxygens (including phenoxy) is 1. The van der Waals surface area contributed by atoms with Crippen molar-refractivity contribution in [2.24, 2.45) is 0 Å². The minimum absolute atomic E-state index is 0.147. The Labute approximate surface area is 120 Å². The van der Waals surface area contributed by atoms with E-state index >= 15 is 0 Å². The molecule has 1 unspecified atom stereocenters. The quantitative estimate of drug-likeness (QED) is 0.925. The zero-order valence-corrected chi connectivity index (χ0v) is 12.7. The zero-order chi connectivity index (χ0) is 14.8. The lowest BCUT2D eigenvalue weighted by atomic mass is 10.2. The lowest BCUT2D eigenvalue weighted by Crippen LogP contribution is -2.38. The van der Waals surface area contributed by atoms with Crippen LogP contribution in [0.1, 0.15) is 45.9 Å².